The summed E-state index contributed by atoms with van der Waals surface area (Å²) in [6.45, 7) is 11.9. The summed E-state index contributed by atoms with van der Waals surface area (Å²) in [5.74, 6) is 1.18. The fourth-order valence-corrected chi connectivity index (χ4v) is 4.25. The van der Waals surface area contributed by atoms with Crippen molar-refractivity contribution in [3.63, 3.8) is 0 Å². The molecule has 1 unspecified atom stereocenters. The van der Waals surface area contributed by atoms with Gasteiger partial charge in [0, 0.05) is 23.5 Å². The molecule has 0 amide bonds. The van der Waals surface area contributed by atoms with Gasteiger partial charge in [-0.2, -0.15) is 0 Å². The molecule has 0 aliphatic carbocycles. The Kier molecular flexibility index (Phi) is 5.99. The Hall–Kier alpha value is -0.360. The average molecular weight is 362 g/mol. The Morgan fingerprint density at radius 3 is 2.43 bits per heavy atom. The molecule has 0 saturated carbocycles. The van der Waals surface area contributed by atoms with Crippen LogP contribution in [-0.4, -0.2) is 39.4 Å². The van der Waals surface area contributed by atoms with E-state index in [0.717, 1.165) is 38.1 Å². The van der Waals surface area contributed by atoms with Gasteiger partial charge < -0.3 is 5.32 Å². The van der Waals surface area contributed by atoms with Gasteiger partial charge in [-0.3, -0.25) is 5.01 Å². The molecule has 2 heterocycles. The van der Waals surface area contributed by atoms with E-state index in [4.69, 9.17) is 23.2 Å². The lowest BCUT2D eigenvalue weighted by Crippen LogP contribution is -2.61. The normalized spacial score (nSPS) is 27.6. The molecule has 7 heteroatoms. The van der Waals surface area contributed by atoms with Gasteiger partial charge >= 0.3 is 0 Å². The van der Waals surface area contributed by atoms with E-state index < -0.39 is 5.62 Å². The Labute approximate surface area is 149 Å². The largest absolute Gasteiger partial charge is 0.307 e. The van der Waals surface area contributed by atoms with Crippen molar-refractivity contribution in [2.45, 2.75) is 77.0 Å². The fraction of sp³-hybridized carbons (Fsp3) is 0.875. The molecular formula is C16H29Cl2N5. The number of alkyl halides is 1. The summed E-state index contributed by atoms with van der Waals surface area (Å²) < 4.78 is 0. The number of nitrogens with one attached hydrogen (secondary N) is 2. The summed E-state index contributed by atoms with van der Waals surface area (Å²) in [6.07, 6.45) is 4.16. The lowest BCUT2D eigenvalue weighted by atomic mass is 9.75. The van der Waals surface area contributed by atoms with Gasteiger partial charge in [0.25, 0.3) is 0 Å². The molecule has 132 valence electrons. The molecule has 1 atom stereocenters. The van der Waals surface area contributed by atoms with Crippen molar-refractivity contribution in [2.24, 2.45) is 15.9 Å². The third-order valence-corrected chi connectivity index (χ3v) is 4.72. The van der Waals surface area contributed by atoms with Crippen molar-refractivity contribution in [1.82, 2.24) is 15.8 Å². The Morgan fingerprint density at radius 2 is 1.87 bits per heavy atom. The number of piperidine rings is 1. The van der Waals surface area contributed by atoms with Crippen LogP contribution in [0.4, 0.5) is 0 Å². The molecule has 0 aromatic carbocycles. The van der Waals surface area contributed by atoms with Gasteiger partial charge in [0.15, 0.2) is 0 Å². The summed E-state index contributed by atoms with van der Waals surface area (Å²) in [6, 6.07) is 0. The van der Waals surface area contributed by atoms with Gasteiger partial charge in [-0.05, 0) is 58.6 Å². The molecule has 2 aliphatic rings. The summed E-state index contributed by atoms with van der Waals surface area (Å²) in [7, 11) is 0. The molecule has 0 aromatic heterocycles. The summed E-state index contributed by atoms with van der Waals surface area (Å²) in [5, 5.41) is 5.83. The smallest absolute Gasteiger partial charge is 0.222 e. The predicted molar refractivity (Wildman–Crippen MR) is 99.1 cm³/mol. The molecule has 23 heavy (non-hydrogen) atoms. The molecule has 0 radical (unpaired) electrons. The van der Waals surface area contributed by atoms with Crippen LogP contribution >= 0.6 is 23.2 Å². The van der Waals surface area contributed by atoms with Crippen LogP contribution in [0.2, 0.25) is 0 Å². The minimum Gasteiger partial charge on any atom is -0.307 e. The zero-order valence-electron chi connectivity index (χ0n) is 14.8. The first kappa shape index (κ1) is 19.0. The van der Waals surface area contributed by atoms with Crippen LogP contribution in [0.3, 0.4) is 0 Å². The second-order valence-corrected chi connectivity index (χ2v) is 8.54. The Morgan fingerprint density at radius 1 is 1.26 bits per heavy atom. The van der Waals surface area contributed by atoms with Gasteiger partial charge in [0.05, 0.1) is 0 Å². The highest BCUT2D eigenvalue weighted by Gasteiger charge is 2.42. The van der Waals surface area contributed by atoms with E-state index in [2.05, 4.69) is 55.3 Å². The summed E-state index contributed by atoms with van der Waals surface area (Å²) in [5.41, 5.74) is 2.90. The highest BCUT2D eigenvalue weighted by atomic mass is 35.5. The maximum Gasteiger partial charge on any atom is 0.222 e. The Bertz CT molecular complexity index is 471. The summed E-state index contributed by atoms with van der Waals surface area (Å²) >= 11 is 12.5. The van der Waals surface area contributed by atoms with Crippen LogP contribution in [0.15, 0.2) is 9.98 Å². The number of unbranched alkanes of at least 4 members (excludes halogenated alkanes) is 1. The first-order chi connectivity index (χ1) is 10.6. The van der Waals surface area contributed by atoms with Crippen LogP contribution in [0, 0.1) is 5.92 Å². The van der Waals surface area contributed by atoms with Crippen LogP contribution in [-0.2, 0) is 0 Å². The van der Waals surface area contributed by atoms with Crippen LogP contribution < -0.4 is 10.7 Å². The van der Waals surface area contributed by atoms with Crippen molar-refractivity contribution < 1.29 is 0 Å². The maximum atomic E-state index is 6.41. The molecule has 1 fully saturated rings. The van der Waals surface area contributed by atoms with E-state index in [1.807, 2.05) is 5.01 Å². The number of nitrogens with zero attached hydrogens (tertiary/aromatic N) is 3. The zero-order valence-corrected chi connectivity index (χ0v) is 16.3. The van der Waals surface area contributed by atoms with E-state index in [-0.39, 0.29) is 22.3 Å². The standard InChI is InChI=1S/C16H29Cl2N5/c1-6-7-8-19-23-12(20-13(17)21-14(23)18)11-9-15(2,3)22-16(4,5)10-11/h11,14,19,22H,6-10H2,1-5H3. The maximum absolute atomic E-state index is 6.41. The van der Waals surface area contributed by atoms with E-state index in [1.165, 1.54) is 0 Å². The molecule has 2 aliphatic heterocycles. The topological polar surface area (TPSA) is 52.0 Å². The van der Waals surface area contributed by atoms with Crippen molar-refractivity contribution in [3.8, 4) is 0 Å². The highest BCUT2D eigenvalue weighted by Crippen LogP contribution is 2.35. The second-order valence-electron chi connectivity index (χ2n) is 7.81. The van der Waals surface area contributed by atoms with Gasteiger partial charge in [-0.25, -0.2) is 15.4 Å². The molecule has 1 saturated heterocycles. The zero-order chi connectivity index (χ0) is 17.3. The third kappa shape index (κ3) is 5.05. The minimum absolute atomic E-state index is 0.0346. The highest BCUT2D eigenvalue weighted by molar-refractivity contribution is 6.66. The number of halogens is 2. The first-order valence-electron chi connectivity index (χ1n) is 8.41. The second kappa shape index (κ2) is 7.26. The van der Waals surface area contributed by atoms with Crippen molar-refractivity contribution in [2.75, 3.05) is 6.54 Å². The Balaban J connectivity index is 2.23. The number of rotatable bonds is 5. The quantitative estimate of drug-likeness (QED) is 0.446. The SMILES string of the molecule is CCCCNN1C(C2CC(C)(C)NC(C)(C)C2)=NC(Cl)=NC1Cl. The first-order valence-corrected chi connectivity index (χ1v) is 9.23. The van der Waals surface area contributed by atoms with Gasteiger partial charge in [-0.15, -0.1) is 0 Å². The average Bonchev–Trinajstić information content (AvgIpc) is 2.37. The lowest BCUT2D eigenvalue weighted by Gasteiger charge is -2.48. The number of amidine groups is 2. The van der Waals surface area contributed by atoms with Gasteiger partial charge in [0.1, 0.15) is 5.84 Å². The van der Waals surface area contributed by atoms with Crippen LogP contribution in [0.1, 0.15) is 60.3 Å². The number of hydrogen-bond donors (Lipinski definition) is 2. The van der Waals surface area contributed by atoms with Crippen molar-refractivity contribution in [1.29, 1.82) is 0 Å². The third-order valence-electron chi connectivity index (χ3n) is 4.25. The van der Waals surface area contributed by atoms with Crippen molar-refractivity contribution in [3.05, 3.63) is 0 Å². The van der Waals surface area contributed by atoms with Crippen LogP contribution in [0.5, 0.6) is 0 Å². The van der Waals surface area contributed by atoms with E-state index in [1.54, 1.807) is 0 Å². The molecule has 2 N–H and O–H groups in total. The monoisotopic (exact) mass is 361 g/mol. The van der Waals surface area contributed by atoms with E-state index >= 15 is 0 Å². The van der Waals surface area contributed by atoms with Gasteiger partial charge in [0.2, 0.25) is 10.9 Å². The van der Waals surface area contributed by atoms with Crippen molar-refractivity contribution >= 4 is 34.3 Å². The molecule has 0 bridgehead atoms. The molecule has 0 spiro atoms. The summed E-state index contributed by atoms with van der Waals surface area (Å²) in [4.78, 5) is 8.70. The minimum atomic E-state index is -0.548. The number of hydrogen-bond acceptors (Lipinski definition) is 5. The fourth-order valence-electron chi connectivity index (χ4n) is 3.76. The molecule has 5 nitrogen and oxygen atoms in total. The van der Waals surface area contributed by atoms with Gasteiger partial charge in [-0.1, -0.05) is 24.9 Å². The predicted octanol–water partition coefficient (Wildman–Crippen LogP) is 3.68. The number of aliphatic imine (C=N–C) groups is 2. The van der Waals surface area contributed by atoms with Crippen LogP contribution in [0.25, 0.3) is 0 Å². The van der Waals surface area contributed by atoms with E-state index in [9.17, 15) is 0 Å². The molecular weight excluding hydrogens is 333 g/mol. The lowest BCUT2D eigenvalue weighted by molar-refractivity contribution is 0.144. The molecule has 2 rings (SSSR count). The van der Waals surface area contributed by atoms with E-state index in [0.29, 0.717) is 0 Å². The number of hydrazine groups is 1. The molecule has 0 aromatic rings.